The van der Waals surface area contributed by atoms with Crippen LogP contribution in [0, 0.1) is 23.2 Å². The second-order valence-electron chi connectivity index (χ2n) is 5.24. The number of ether oxygens (including phenoxy) is 2. The van der Waals surface area contributed by atoms with Gasteiger partial charge < -0.3 is 14.3 Å². The molecule has 2 fully saturated rings. The lowest BCUT2D eigenvalue weighted by Crippen LogP contribution is -2.45. The number of carbonyl (C=O) groups is 1. The third-order valence-electron chi connectivity index (χ3n) is 4.71. The molecule has 0 aromatic carbocycles. The summed E-state index contributed by atoms with van der Waals surface area (Å²) in [5.74, 6) is 0.340. The molecular weight excluding hydrogens is 204 g/mol. The van der Waals surface area contributed by atoms with Gasteiger partial charge in [0.1, 0.15) is 6.29 Å². The van der Waals surface area contributed by atoms with Crippen LogP contribution in [0.25, 0.3) is 0 Å². The summed E-state index contributed by atoms with van der Waals surface area (Å²) >= 11 is 0. The Morgan fingerprint density at radius 1 is 1.19 bits per heavy atom. The zero-order valence-corrected chi connectivity index (χ0v) is 8.96. The summed E-state index contributed by atoms with van der Waals surface area (Å²) < 4.78 is 11.6. The van der Waals surface area contributed by atoms with E-state index in [1.54, 1.807) is 0 Å². The Bertz CT molecular complexity index is 405. The fourth-order valence-electron chi connectivity index (χ4n) is 4.10. The Kier molecular flexibility index (Phi) is 1.52. The molecule has 0 aromatic heterocycles. The topological polar surface area (TPSA) is 35.5 Å². The summed E-state index contributed by atoms with van der Waals surface area (Å²) in [5, 5.41) is 0. The van der Waals surface area contributed by atoms with E-state index in [0.29, 0.717) is 25.0 Å². The van der Waals surface area contributed by atoms with Gasteiger partial charge in [0.15, 0.2) is 5.79 Å². The van der Waals surface area contributed by atoms with E-state index in [4.69, 9.17) is 9.47 Å². The van der Waals surface area contributed by atoms with Crippen molar-refractivity contribution in [3.63, 3.8) is 0 Å². The molecule has 4 atom stereocenters. The molecule has 2 bridgehead atoms. The van der Waals surface area contributed by atoms with E-state index in [0.717, 1.165) is 12.7 Å². The SMILES string of the molecule is O=C[C@@]12C=CC3(OCCO3)[C@@H]1[C@@H]1C=C[C@H]2C1. The molecule has 0 N–H and O–H groups in total. The first-order valence-electron chi connectivity index (χ1n) is 5.94. The zero-order valence-electron chi connectivity index (χ0n) is 8.96. The molecule has 3 nitrogen and oxygen atoms in total. The van der Waals surface area contributed by atoms with Crippen molar-refractivity contribution in [3.8, 4) is 0 Å². The Morgan fingerprint density at radius 3 is 2.75 bits per heavy atom. The molecule has 0 aromatic rings. The third kappa shape index (κ3) is 0.791. The minimum Gasteiger partial charge on any atom is -0.344 e. The smallest absolute Gasteiger partial charge is 0.192 e. The molecule has 16 heavy (non-hydrogen) atoms. The van der Waals surface area contributed by atoms with Crippen molar-refractivity contribution in [1.29, 1.82) is 0 Å². The molecule has 1 heterocycles. The van der Waals surface area contributed by atoms with Crippen molar-refractivity contribution in [2.45, 2.75) is 12.2 Å². The van der Waals surface area contributed by atoms with Crippen LogP contribution in [0.4, 0.5) is 0 Å². The van der Waals surface area contributed by atoms with Crippen LogP contribution in [0.5, 0.6) is 0 Å². The van der Waals surface area contributed by atoms with Gasteiger partial charge in [0, 0.05) is 5.92 Å². The molecule has 3 aliphatic carbocycles. The fraction of sp³-hybridized carbons (Fsp3) is 0.615. The number of carbonyl (C=O) groups excluding carboxylic acids is 1. The van der Waals surface area contributed by atoms with Crippen LogP contribution in [0.2, 0.25) is 0 Å². The molecule has 0 radical (unpaired) electrons. The summed E-state index contributed by atoms with van der Waals surface area (Å²) in [6.45, 7) is 1.27. The van der Waals surface area contributed by atoms with Crippen molar-refractivity contribution in [3.05, 3.63) is 24.3 Å². The zero-order chi connectivity index (χ0) is 10.8. The van der Waals surface area contributed by atoms with Crippen LogP contribution in [-0.2, 0) is 14.3 Å². The molecule has 0 amide bonds. The van der Waals surface area contributed by atoms with Crippen LogP contribution in [0.15, 0.2) is 24.3 Å². The standard InChI is InChI=1S/C13H14O3/c14-8-12-3-4-13(15-5-6-16-13)11(12)9-1-2-10(12)7-9/h1-4,8-11H,5-7H2/t9-,10+,11-,12-/m1/s1. The van der Waals surface area contributed by atoms with Crippen LogP contribution in [0.1, 0.15) is 6.42 Å². The minimum absolute atomic E-state index is 0.162. The Morgan fingerprint density at radius 2 is 2.00 bits per heavy atom. The van der Waals surface area contributed by atoms with E-state index in [1.165, 1.54) is 0 Å². The van der Waals surface area contributed by atoms with E-state index in [1.807, 2.05) is 12.2 Å². The average molecular weight is 218 g/mol. The van der Waals surface area contributed by atoms with E-state index in [9.17, 15) is 4.79 Å². The number of fused-ring (bicyclic) bond motifs is 6. The molecule has 4 aliphatic rings. The largest absolute Gasteiger partial charge is 0.344 e. The Hall–Kier alpha value is -0.930. The van der Waals surface area contributed by atoms with Crippen molar-refractivity contribution in [2.75, 3.05) is 13.2 Å². The summed E-state index contributed by atoms with van der Waals surface area (Å²) in [4.78, 5) is 11.5. The van der Waals surface area contributed by atoms with Crippen LogP contribution in [-0.4, -0.2) is 25.3 Å². The summed E-state index contributed by atoms with van der Waals surface area (Å²) in [5.41, 5.74) is -0.357. The van der Waals surface area contributed by atoms with E-state index >= 15 is 0 Å². The van der Waals surface area contributed by atoms with Crippen molar-refractivity contribution < 1.29 is 14.3 Å². The second kappa shape index (κ2) is 2.66. The fourth-order valence-corrected chi connectivity index (χ4v) is 4.10. The summed E-state index contributed by atoms with van der Waals surface area (Å²) in [7, 11) is 0. The van der Waals surface area contributed by atoms with E-state index < -0.39 is 5.79 Å². The van der Waals surface area contributed by atoms with Gasteiger partial charge in [-0.15, -0.1) is 0 Å². The third-order valence-corrected chi connectivity index (χ3v) is 4.71. The molecular formula is C13H14O3. The minimum atomic E-state index is -0.606. The first-order chi connectivity index (χ1) is 7.81. The number of aldehydes is 1. The Balaban J connectivity index is 1.86. The molecule has 1 aliphatic heterocycles. The number of hydrogen-bond donors (Lipinski definition) is 0. The van der Waals surface area contributed by atoms with Gasteiger partial charge >= 0.3 is 0 Å². The highest BCUT2D eigenvalue weighted by Gasteiger charge is 2.67. The lowest BCUT2D eigenvalue weighted by atomic mass is 9.70. The first-order valence-corrected chi connectivity index (χ1v) is 5.94. The maximum absolute atomic E-state index is 11.5. The van der Waals surface area contributed by atoms with Gasteiger partial charge in [-0.05, 0) is 24.3 Å². The quantitative estimate of drug-likeness (QED) is 0.491. The molecule has 0 unspecified atom stereocenters. The summed E-state index contributed by atoms with van der Waals surface area (Å²) in [6.07, 6.45) is 10.6. The van der Waals surface area contributed by atoms with Gasteiger partial charge in [0.05, 0.1) is 18.6 Å². The van der Waals surface area contributed by atoms with Crippen molar-refractivity contribution >= 4 is 6.29 Å². The van der Waals surface area contributed by atoms with Gasteiger partial charge in [-0.25, -0.2) is 0 Å². The summed E-state index contributed by atoms with van der Waals surface area (Å²) in [6, 6.07) is 0. The Labute approximate surface area is 94.1 Å². The van der Waals surface area contributed by atoms with Crippen LogP contribution < -0.4 is 0 Å². The van der Waals surface area contributed by atoms with Crippen molar-refractivity contribution in [1.82, 2.24) is 0 Å². The average Bonchev–Trinajstić information content (AvgIpc) is 3.04. The lowest BCUT2D eigenvalue weighted by molar-refractivity contribution is -0.174. The highest BCUT2D eigenvalue weighted by atomic mass is 16.7. The van der Waals surface area contributed by atoms with Gasteiger partial charge in [-0.2, -0.15) is 0 Å². The van der Waals surface area contributed by atoms with Gasteiger partial charge in [-0.1, -0.05) is 18.2 Å². The van der Waals surface area contributed by atoms with Crippen molar-refractivity contribution in [2.24, 2.45) is 23.2 Å². The predicted octanol–water partition coefficient (Wildman–Crippen LogP) is 1.31. The molecule has 1 saturated carbocycles. The first kappa shape index (κ1) is 9.14. The number of rotatable bonds is 1. The highest BCUT2D eigenvalue weighted by Crippen LogP contribution is 2.64. The number of hydrogen-bond acceptors (Lipinski definition) is 3. The maximum atomic E-state index is 11.5. The van der Waals surface area contributed by atoms with Crippen LogP contribution >= 0.6 is 0 Å². The van der Waals surface area contributed by atoms with E-state index in [2.05, 4.69) is 12.2 Å². The van der Waals surface area contributed by atoms with Gasteiger partial charge in [0.25, 0.3) is 0 Å². The normalized spacial score (nSPS) is 50.4. The van der Waals surface area contributed by atoms with Gasteiger partial charge in [0.2, 0.25) is 0 Å². The highest BCUT2D eigenvalue weighted by molar-refractivity contribution is 5.69. The molecule has 84 valence electrons. The molecule has 1 spiro atoms. The van der Waals surface area contributed by atoms with Crippen LogP contribution in [0.3, 0.4) is 0 Å². The molecule has 3 heteroatoms. The van der Waals surface area contributed by atoms with Gasteiger partial charge in [-0.3, -0.25) is 0 Å². The molecule has 4 rings (SSSR count). The lowest BCUT2D eigenvalue weighted by Gasteiger charge is -2.37. The molecule has 1 saturated heterocycles. The predicted molar refractivity (Wildman–Crippen MR) is 56.5 cm³/mol. The second-order valence-corrected chi connectivity index (χ2v) is 5.24. The van der Waals surface area contributed by atoms with E-state index in [-0.39, 0.29) is 11.3 Å². The maximum Gasteiger partial charge on any atom is 0.192 e. The number of allylic oxidation sites excluding steroid dienone is 3. The monoisotopic (exact) mass is 218 g/mol.